The Morgan fingerprint density at radius 3 is 2.41 bits per heavy atom. The first-order chi connectivity index (χ1) is 8.25. The number of halogens is 1. The second kappa shape index (κ2) is 3.94. The Hall–Kier alpha value is -1.73. The van der Waals surface area contributed by atoms with Crippen LogP contribution in [0.4, 0.5) is 0 Å². The molecule has 0 aliphatic heterocycles. The number of para-hydroxylation sites is 1. The maximum absolute atomic E-state index is 5.92. The number of aromatic nitrogens is 1. The van der Waals surface area contributed by atoms with E-state index in [0.29, 0.717) is 0 Å². The Balaban J connectivity index is 2.27. The van der Waals surface area contributed by atoms with Gasteiger partial charge in [-0.25, -0.2) is 0 Å². The molecule has 2 heteroatoms. The van der Waals surface area contributed by atoms with Crippen molar-refractivity contribution in [1.29, 1.82) is 0 Å². The highest BCUT2D eigenvalue weighted by Gasteiger charge is 2.07. The van der Waals surface area contributed by atoms with Crippen molar-refractivity contribution >= 4 is 22.5 Å². The standard InChI is InChI=1S/C15H12ClN/c1-17-10-14(11-6-8-12(16)9-7-11)13-4-2-3-5-15(13)17/h2-10H,1H3. The third-order valence-corrected chi connectivity index (χ3v) is 3.30. The van der Waals surface area contributed by atoms with Crippen molar-refractivity contribution in [3.8, 4) is 11.1 Å². The molecule has 0 N–H and O–H groups in total. The van der Waals surface area contributed by atoms with Crippen LogP contribution in [0, 0.1) is 0 Å². The van der Waals surface area contributed by atoms with E-state index in [9.17, 15) is 0 Å². The van der Waals surface area contributed by atoms with Crippen molar-refractivity contribution in [2.45, 2.75) is 0 Å². The number of hydrogen-bond acceptors (Lipinski definition) is 0. The molecule has 0 amide bonds. The van der Waals surface area contributed by atoms with Crippen LogP contribution in [0.2, 0.25) is 5.02 Å². The van der Waals surface area contributed by atoms with Gasteiger partial charge in [0.2, 0.25) is 0 Å². The molecule has 0 fully saturated rings. The highest BCUT2D eigenvalue weighted by Crippen LogP contribution is 2.30. The number of aryl methyl sites for hydroxylation is 1. The quantitative estimate of drug-likeness (QED) is 0.591. The molecule has 1 aromatic heterocycles. The fraction of sp³-hybridized carbons (Fsp3) is 0.0667. The van der Waals surface area contributed by atoms with Crippen LogP contribution in [0.3, 0.4) is 0 Å². The Labute approximate surface area is 105 Å². The number of hydrogen-bond donors (Lipinski definition) is 0. The molecular weight excluding hydrogens is 230 g/mol. The molecule has 3 aromatic rings. The molecule has 0 aliphatic rings. The minimum absolute atomic E-state index is 0.772. The Kier molecular flexibility index (Phi) is 2.41. The Bertz CT molecular complexity index is 665. The summed E-state index contributed by atoms with van der Waals surface area (Å²) < 4.78 is 2.15. The molecule has 0 unspecified atom stereocenters. The molecule has 0 atom stereocenters. The predicted molar refractivity (Wildman–Crippen MR) is 73.4 cm³/mol. The molecule has 17 heavy (non-hydrogen) atoms. The fourth-order valence-corrected chi connectivity index (χ4v) is 2.33. The summed E-state index contributed by atoms with van der Waals surface area (Å²) in [6.07, 6.45) is 2.16. The third kappa shape index (κ3) is 1.73. The van der Waals surface area contributed by atoms with E-state index in [2.05, 4.69) is 54.2 Å². The van der Waals surface area contributed by atoms with Crippen molar-refractivity contribution in [3.63, 3.8) is 0 Å². The number of rotatable bonds is 1. The summed E-state index contributed by atoms with van der Waals surface area (Å²) in [5, 5.41) is 2.05. The van der Waals surface area contributed by atoms with Crippen LogP contribution in [0.25, 0.3) is 22.0 Å². The summed E-state index contributed by atoms with van der Waals surface area (Å²) in [7, 11) is 2.07. The van der Waals surface area contributed by atoms with Crippen LogP contribution < -0.4 is 0 Å². The number of fused-ring (bicyclic) bond motifs is 1. The second-order valence-corrected chi connectivity index (χ2v) is 4.61. The zero-order valence-electron chi connectivity index (χ0n) is 9.52. The highest BCUT2D eigenvalue weighted by molar-refractivity contribution is 6.30. The smallest absolute Gasteiger partial charge is 0.0484 e. The lowest BCUT2D eigenvalue weighted by Crippen LogP contribution is -1.81. The summed E-state index contributed by atoms with van der Waals surface area (Å²) in [6.45, 7) is 0. The summed E-state index contributed by atoms with van der Waals surface area (Å²) in [5.74, 6) is 0. The van der Waals surface area contributed by atoms with Gasteiger partial charge in [0, 0.05) is 34.7 Å². The third-order valence-electron chi connectivity index (χ3n) is 3.05. The minimum Gasteiger partial charge on any atom is -0.350 e. The summed E-state index contributed by atoms with van der Waals surface area (Å²) in [4.78, 5) is 0. The average molecular weight is 242 g/mol. The van der Waals surface area contributed by atoms with Gasteiger partial charge < -0.3 is 4.57 Å². The van der Waals surface area contributed by atoms with E-state index < -0.39 is 0 Å². The molecule has 84 valence electrons. The van der Waals surface area contributed by atoms with Gasteiger partial charge in [-0.2, -0.15) is 0 Å². The van der Waals surface area contributed by atoms with E-state index in [1.807, 2.05) is 12.1 Å². The maximum Gasteiger partial charge on any atom is 0.0484 e. The molecule has 0 saturated carbocycles. The first-order valence-corrected chi connectivity index (χ1v) is 5.93. The van der Waals surface area contributed by atoms with Crippen molar-refractivity contribution in [2.24, 2.45) is 7.05 Å². The predicted octanol–water partition coefficient (Wildman–Crippen LogP) is 4.50. The molecule has 0 saturated heterocycles. The Morgan fingerprint density at radius 2 is 1.65 bits per heavy atom. The second-order valence-electron chi connectivity index (χ2n) is 4.18. The topological polar surface area (TPSA) is 4.93 Å². The van der Waals surface area contributed by atoms with Crippen LogP contribution in [0.15, 0.2) is 54.7 Å². The number of nitrogens with zero attached hydrogens (tertiary/aromatic N) is 1. The molecule has 0 aliphatic carbocycles. The van der Waals surface area contributed by atoms with Crippen LogP contribution in [0.5, 0.6) is 0 Å². The molecule has 1 nitrogen and oxygen atoms in total. The highest BCUT2D eigenvalue weighted by atomic mass is 35.5. The van der Waals surface area contributed by atoms with Crippen molar-refractivity contribution < 1.29 is 0 Å². The lowest BCUT2D eigenvalue weighted by molar-refractivity contribution is 0.970. The maximum atomic E-state index is 5.92. The van der Waals surface area contributed by atoms with Crippen LogP contribution in [-0.2, 0) is 7.05 Å². The lowest BCUT2D eigenvalue weighted by Gasteiger charge is -1.99. The molecule has 0 spiro atoms. The zero-order chi connectivity index (χ0) is 11.8. The number of benzene rings is 2. The van der Waals surface area contributed by atoms with E-state index in [4.69, 9.17) is 11.6 Å². The van der Waals surface area contributed by atoms with Gasteiger partial charge in [-0.1, -0.05) is 41.9 Å². The molecule has 0 radical (unpaired) electrons. The van der Waals surface area contributed by atoms with Gasteiger partial charge in [-0.15, -0.1) is 0 Å². The van der Waals surface area contributed by atoms with Gasteiger partial charge in [-0.05, 0) is 23.8 Å². The fourth-order valence-electron chi connectivity index (χ4n) is 2.20. The van der Waals surface area contributed by atoms with E-state index in [-0.39, 0.29) is 0 Å². The van der Waals surface area contributed by atoms with E-state index >= 15 is 0 Å². The van der Waals surface area contributed by atoms with Gasteiger partial charge in [0.1, 0.15) is 0 Å². The lowest BCUT2D eigenvalue weighted by atomic mass is 10.1. The normalized spacial score (nSPS) is 10.9. The average Bonchev–Trinajstić information content (AvgIpc) is 2.69. The van der Waals surface area contributed by atoms with Crippen molar-refractivity contribution in [3.05, 3.63) is 59.8 Å². The van der Waals surface area contributed by atoms with Crippen molar-refractivity contribution in [1.82, 2.24) is 4.57 Å². The first kappa shape index (κ1) is 10.4. The monoisotopic (exact) mass is 241 g/mol. The van der Waals surface area contributed by atoms with Crippen LogP contribution in [-0.4, -0.2) is 4.57 Å². The molecular formula is C15H12ClN. The Morgan fingerprint density at radius 1 is 0.941 bits per heavy atom. The van der Waals surface area contributed by atoms with Gasteiger partial charge in [0.05, 0.1) is 0 Å². The summed E-state index contributed by atoms with van der Waals surface area (Å²) in [6, 6.07) is 16.4. The summed E-state index contributed by atoms with van der Waals surface area (Å²) in [5.41, 5.74) is 3.70. The van der Waals surface area contributed by atoms with E-state index in [1.54, 1.807) is 0 Å². The van der Waals surface area contributed by atoms with Gasteiger partial charge in [0.15, 0.2) is 0 Å². The summed E-state index contributed by atoms with van der Waals surface area (Å²) >= 11 is 5.92. The van der Waals surface area contributed by atoms with Gasteiger partial charge in [-0.3, -0.25) is 0 Å². The zero-order valence-corrected chi connectivity index (χ0v) is 10.3. The van der Waals surface area contributed by atoms with Gasteiger partial charge in [0.25, 0.3) is 0 Å². The SMILES string of the molecule is Cn1cc(-c2ccc(Cl)cc2)c2ccccc21. The molecule has 1 heterocycles. The minimum atomic E-state index is 0.772. The van der Waals surface area contributed by atoms with Crippen molar-refractivity contribution in [2.75, 3.05) is 0 Å². The van der Waals surface area contributed by atoms with Gasteiger partial charge >= 0.3 is 0 Å². The van der Waals surface area contributed by atoms with E-state index in [1.165, 1.54) is 22.0 Å². The molecule has 3 rings (SSSR count). The van der Waals surface area contributed by atoms with Crippen LogP contribution in [0.1, 0.15) is 0 Å². The van der Waals surface area contributed by atoms with Crippen LogP contribution >= 0.6 is 11.6 Å². The molecule has 2 aromatic carbocycles. The first-order valence-electron chi connectivity index (χ1n) is 5.56. The largest absolute Gasteiger partial charge is 0.350 e. The molecule has 0 bridgehead atoms. The van der Waals surface area contributed by atoms with E-state index in [0.717, 1.165) is 5.02 Å².